The van der Waals surface area contributed by atoms with Crippen LogP contribution in [0.1, 0.15) is 16.7 Å². The van der Waals surface area contributed by atoms with Crippen LogP contribution in [0.3, 0.4) is 0 Å². The first-order valence-corrected chi connectivity index (χ1v) is 6.31. The van der Waals surface area contributed by atoms with E-state index >= 15 is 0 Å². The van der Waals surface area contributed by atoms with Crippen LogP contribution in [0.15, 0.2) is 47.5 Å². The number of nitrogens with zero attached hydrogens (tertiary/aromatic N) is 2. The number of aliphatic imine (C=N–C) groups is 1. The third-order valence-electron chi connectivity index (χ3n) is 2.88. The third kappa shape index (κ3) is 3.64. The minimum absolute atomic E-state index is 0.0594. The van der Waals surface area contributed by atoms with E-state index in [-0.39, 0.29) is 11.5 Å². The van der Waals surface area contributed by atoms with Crippen molar-refractivity contribution in [2.24, 2.45) is 4.99 Å². The second-order valence-corrected chi connectivity index (χ2v) is 4.73. The van der Waals surface area contributed by atoms with Crippen LogP contribution in [0.25, 0.3) is 0 Å². The van der Waals surface area contributed by atoms with Gasteiger partial charge >= 0.3 is 0 Å². The summed E-state index contributed by atoms with van der Waals surface area (Å²) < 4.78 is 0. The Balaban J connectivity index is 2.45. The highest BCUT2D eigenvalue weighted by atomic mass is 16.6. The van der Waals surface area contributed by atoms with Gasteiger partial charge in [-0.2, -0.15) is 0 Å². The van der Waals surface area contributed by atoms with Crippen molar-refractivity contribution < 1.29 is 10.1 Å². The molecular weight excluding hydrogens is 270 g/mol. The van der Waals surface area contributed by atoms with Crippen molar-refractivity contribution in [2.75, 3.05) is 0 Å². The maximum atomic E-state index is 10.8. The fourth-order valence-corrected chi connectivity index (χ4v) is 2.07. The van der Waals surface area contributed by atoms with Gasteiger partial charge in [0.05, 0.1) is 10.6 Å². The highest BCUT2D eigenvalue weighted by Gasteiger charge is 2.10. The normalized spacial score (nSPS) is 11.3. The molecule has 0 amide bonds. The zero-order valence-corrected chi connectivity index (χ0v) is 11.7. The van der Waals surface area contributed by atoms with E-state index in [1.165, 1.54) is 12.1 Å². The molecule has 0 aromatic heterocycles. The Morgan fingerprint density at radius 1 is 1.19 bits per heavy atom. The smallest absolute Gasteiger partial charge is 0.270 e. The molecule has 0 spiro atoms. The van der Waals surface area contributed by atoms with Crippen LogP contribution in [-0.4, -0.2) is 16.0 Å². The molecule has 0 saturated heterocycles. The van der Waals surface area contributed by atoms with Crippen molar-refractivity contribution in [3.05, 3.63) is 69.3 Å². The lowest BCUT2D eigenvalue weighted by Gasteiger charge is -2.06. The Hall–Kier alpha value is -2.73. The van der Waals surface area contributed by atoms with Gasteiger partial charge in [-0.3, -0.25) is 20.8 Å². The fourth-order valence-electron chi connectivity index (χ4n) is 2.07. The molecule has 6 nitrogen and oxygen atoms in total. The van der Waals surface area contributed by atoms with Gasteiger partial charge in [0.25, 0.3) is 5.69 Å². The van der Waals surface area contributed by atoms with Crippen molar-refractivity contribution in [2.45, 2.75) is 13.8 Å². The lowest BCUT2D eigenvalue weighted by molar-refractivity contribution is -0.384. The Morgan fingerprint density at radius 2 is 1.86 bits per heavy atom. The van der Waals surface area contributed by atoms with E-state index in [9.17, 15) is 15.3 Å². The van der Waals surface area contributed by atoms with E-state index in [0.717, 1.165) is 11.1 Å². The van der Waals surface area contributed by atoms with Gasteiger partial charge in [0.2, 0.25) is 0 Å². The molecule has 21 heavy (non-hydrogen) atoms. The highest BCUT2D eigenvalue weighted by Crippen LogP contribution is 2.19. The van der Waals surface area contributed by atoms with E-state index < -0.39 is 4.92 Å². The Morgan fingerprint density at radius 3 is 2.43 bits per heavy atom. The summed E-state index contributed by atoms with van der Waals surface area (Å²) in [6.07, 6.45) is 0. The van der Waals surface area contributed by atoms with Crippen LogP contribution in [0.2, 0.25) is 0 Å². The van der Waals surface area contributed by atoms with Crippen molar-refractivity contribution in [1.82, 2.24) is 5.48 Å². The summed E-state index contributed by atoms with van der Waals surface area (Å²) in [5.74, 6) is 0.156. The summed E-state index contributed by atoms with van der Waals surface area (Å²) in [4.78, 5) is 14.6. The summed E-state index contributed by atoms with van der Waals surface area (Å²) in [6, 6.07) is 11.7. The summed E-state index contributed by atoms with van der Waals surface area (Å²) in [7, 11) is 0. The topological polar surface area (TPSA) is 87.8 Å². The number of amidine groups is 1. The molecule has 0 heterocycles. The highest BCUT2D eigenvalue weighted by molar-refractivity contribution is 6.00. The molecular formula is C15H15N3O3. The summed E-state index contributed by atoms with van der Waals surface area (Å²) in [6.45, 7) is 3.90. The number of non-ortho nitro benzene ring substituents is 1. The van der Waals surface area contributed by atoms with Gasteiger partial charge in [-0.15, -0.1) is 0 Å². The zero-order valence-electron chi connectivity index (χ0n) is 11.7. The molecule has 6 heteroatoms. The molecule has 2 aromatic carbocycles. The predicted molar refractivity (Wildman–Crippen MR) is 80.1 cm³/mol. The number of benzene rings is 2. The molecule has 2 rings (SSSR count). The minimum atomic E-state index is -0.491. The number of hydrogen-bond donors (Lipinski definition) is 2. The largest absolute Gasteiger partial charge is 0.290 e. The van der Waals surface area contributed by atoms with E-state index in [2.05, 4.69) is 4.99 Å². The third-order valence-corrected chi connectivity index (χ3v) is 2.88. The number of rotatable bonds is 3. The first-order valence-electron chi connectivity index (χ1n) is 6.31. The molecule has 0 saturated carbocycles. The van der Waals surface area contributed by atoms with Crippen molar-refractivity contribution in [3.8, 4) is 0 Å². The molecule has 0 bridgehead atoms. The number of nitro benzene ring substituents is 1. The van der Waals surface area contributed by atoms with Crippen LogP contribution in [0.5, 0.6) is 0 Å². The van der Waals surface area contributed by atoms with E-state index in [1.807, 2.05) is 37.5 Å². The van der Waals surface area contributed by atoms with E-state index in [0.29, 0.717) is 11.3 Å². The summed E-state index contributed by atoms with van der Waals surface area (Å²) in [5.41, 5.74) is 5.13. The molecule has 0 fully saturated rings. The van der Waals surface area contributed by atoms with E-state index in [4.69, 9.17) is 0 Å². The van der Waals surface area contributed by atoms with Gasteiger partial charge in [-0.1, -0.05) is 18.2 Å². The number of hydroxylamine groups is 1. The maximum absolute atomic E-state index is 10.8. The molecule has 0 atom stereocenters. The van der Waals surface area contributed by atoms with Crippen LogP contribution in [0, 0.1) is 24.0 Å². The lowest BCUT2D eigenvalue weighted by Crippen LogP contribution is -2.20. The Bertz CT molecular complexity index is 691. The monoisotopic (exact) mass is 285 g/mol. The number of nitro groups is 1. The molecule has 2 aromatic rings. The number of hydrogen-bond acceptors (Lipinski definition) is 4. The molecule has 0 radical (unpaired) electrons. The molecule has 108 valence electrons. The van der Waals surface area contributed by atoms with Gasteiger partial charge in [0.15, 0.2) is 5.84 Å². The van der Waals surface area contributed by atoms with Crippen LogP contribution in [0.4, 0.5) is 11.4 Å². The second-order valence-electron chi connectivity index (χ2n) is 4.73. The van der Waals surface area contributed by atoms with Crippen molar-refractivity contribution in [3.63, 3.8) is 0 Å². The number of nitrogens with one attached hydrogen (secondary N) is 1. The fraction of sp³-hybridized carbons (Fsp3) is 0.133. The van der Waals surface area contributed by atoms with Gasteiger partial charge in [0.1, 0.15) is 0 Å². The zero-order chi connectivity index (χ0) is 15.4. The first kappa shape index (κ1) is 14.7. The summed E-state index contributed by atoms with van der Waals surface area (Å²) >= 11 is 0. The summed E-state index contributed by atoms with van der Waals surface area (Å²) in [5, 5.41) is 20.1. The first-order chi connectivity index (χ1) is 9.99. The number of aryl methyl sites for hydroxylation is 2. The van der Waals surface area contributed by atoms with Gasteiger partial charge in [0, 0.05) is 17.7 Å². The Kier molecular flexibility index (Phi) is 4.30. The SMILES string of the molecule is Cc1cc(C)cc(N=C(NO)c2cccc([N+](=O)[O-])c2)c1. The van der Waals surface area contributed by atoms with Crippen molar-refractivity contribution in [1.29, 1.82) is 0 Å². The molecule has 2 N–H and O–H groups in total. The molecule has 0 aliphatic carbocycles. The van der Waals surface area contributed by atoms with Crippen LogP contribution >= 0.6 is 0 Å². The average Bonchev–Trinajstić information content (AvgIpc) is 2.44. The Labute approximate surface area is 121 Å². The van der Waals surface area contributed by atoms with Gasteiger partial charge < -0.3 is 0 Å². The standard InChI is InChI=1S/C15H15N3O3/c1-10-6-11(2)8-13(7-10)16-15(17-19)12-4-3-5-14(9-12)18(20)21/h3-9,19H,1-2H3,(H,16,17). The predicted octanol–water partition coefficient (Wildman–Crippen LogP) is 3.27. The average molecular weight is 285 g/mol. The van der Waals surface area contributed by atoms with Gasteiger partial charge in [-0.25, -0.2) is 4.99 Å². The van der Waals surface area contributed by atoms with E-state index in [1.54, 1.807) is 12.1 Å². The second kappa shape index (κ2) is 6.15. The van der Waals surface area contributed by atoms with Gasteiger partial charge in [-0.05, 0) is 37.1 Å². The van der Waals surface area contributed by atoms with Crippen LogP contribution < -0.4 is 5.48 Å². The molecule has 0 aliphatic heterocycles. The lowest BCUT2D eigenvalue weighted by atomic mass is 10.1. The molecule has 0 unspecified atom stereocenters. The van der Waals surface area contributed by atoms with Crippen molar-refractivity contribution >= 4 is 17.2 Å². The maximum Gasteiger partial charge on any atom is 0.270 e. The molecule has 0 aliphatic rings. The minimum Gasteiger partial charge on any atom is -0.290 e. The van der Waals surface area contributed by atoms with Crippen LogP contribution in [-0.2, 0) is 0 Å². The quantitative estimate of drug-likeness (QED) is 0.392.